The minimum absolute atomic E-state index is 0.00318. The van der Waals surface area contributed by atoms with Crippen LogP contribution in [-0.4, -0.2) is 87.8 Å². The highest BCUT2D eigenvalue weighted by Crippen LogP contribution is 2.26. The van der Waals surface area contributed by atoms with Crippen LogP contribution in [0.1, 0.15) is 29.6 Å². The fraction of sp³-hybridized carbons (Fsp3) is 0.632. The Morgan fingerprint density at radius 1 is 1.11 bits per heavy atom. The second-order valence-electron chi connectivity index (χ2n) is 7.51. The third kappa shape index (κ3) is 5.24. The molecule has 0 atom stereocenters. The predicted octanol–water partition coefficient (Wildman–Crippen LogP) is 1.49. The zero-order chi connectivity index (χ0) is 20.1. The molecule has 1 aromatic carbocycles. The first-order valence-corrected chi connectivity index (χ1v) is 11.7. The van der Waals surface area contributed by atoms with Crippen LogP contribution in [0.3, 0.4) is 0 Å². The summed E-state index contributed by atoms with van der Waals surface area (Å²) in [6.07, 6.45) is 3.38. The highest BCUT2D eigenvalue weighted by Gasteiger charge is 2.30. The summed E-state index contributed by atoms with van der Waals surface area (Å²) in [5.74, 6) is -0.270. The second-order valence-corrected chi connectivity index (χ2v) is 9.82. The van der Waals surface area contributed by atoms with Crippen LogP contribution in [0.2, 0.25) is 5.02 Å². The van der Waals surface area contributed by atoms with Gasteiger partial charge in [-0.1, -0.05) is 11.6 Å². The van der Waals surface area contributed by atoms with Gasteiger partial charge in [-0.25, -0.2) is 8.42 Å². The molecule has 0 aromatic heterocycles. The Morgan fingerprint density at radius 3 is 2.46 bits per heavy atom. The first kappa shape index (κ1) is 21.5. The molecule has 2 fully saturated rings. The van der Waals surface area contributed by atoms with E-state index in [0.717, 1.165) is 26.1 Å². The van der Waals surface area contributed by atoms with E-state index in [0.29, 0.717) is 38.3 Å². The highest BCUT2D eigenvalue weighted by molar-refractivity contribution is 7.89. The summed E-state index contributed by atoms with van der Waals surface area (Å²) < 4.78 is 27.4. The molecule has 2 saturated heterocycles. The Kier molecular flexibility index (Phi) is 7.33. The Hall–Kier alpha value is -1.19. The van der Waals surface area contributed by atoms with Crippen molar-refractivity contribution in [3.8, 4) is 0 Å². The number of likely N-dealkylation sites (tertiary alicyclic amines) is 1. The highest BCUT2D eigenvalue weighted by atomic mass is 35.5. The molecule has 0 bridgehead atoms. The smallest absolute Gasteiger partial charge is 0.251 e. The number of benzene rings is 1. The molecule has 156 valence electrons. The molecule has 1 N–H and O–H groups in total. The van der Waals surface area contributed by atoms with E-state index in [9.17, 15) is 13.2 Å². The molecule has 2 aliphatic heterocycles. The zero-order valence-electron chi connectivity index (χ0n) is 16.4. The van der Waals surface area contributed by atoms with Gasteiger partial charge in [0.25, 0.3) is 5.91 Å². The first-order chi connectivity index (χ1) is 13.4. The topological polar surface area (TPSA) is 73.0 Å². The zero-order valence-corrected chi connectivity index (χ0v) is 17.9. The van der Waals surface area contributed by atoms with Gasteiger partial charge in [0, 0.05) is 38.3 Å². The minimum Gasteiger partial charge on any atom is -0.352 e. The van der Waals surface area contributed by atoms with Crippen molar-refractivity contribution >= 4 is 27.5 Å². The van der Waals surface area contributed by atoms with Crippen molar-refractivity contribution < 1.29 is 13.2 Å². The van der Waals surface area contributed by atoms with Crippen LogP contribution < -0.4 is 5.32 Å². The summed E-state index contributed by atoms with van der Waals surface area (Å²) in [5.41, 5.74) is 0.318. The van der Waals surface area contributed by atoms with Crippen molar-refractivity contribution in [2.24, 2.45) is 0 Å². The molecule has 2 aliphatic rings. The molecule has 1 aromatic rings. The van der Waals surface area contributed by atoms with Gasteiger partial charge in [0.05, 0.1) is 5.02 Å². The standard InChI is InChI=1S/C19H29ClN4O3S/c1-22-11-13-24(14-12-22)28(26,27)18-15-16(5-6-17(18)20)19(25)21-7-4-10-23-8-2-3-9-23/h5-6,15H,2-4,7-14H2,1H3,(H,21,25). The van der Waals surface area contributed by atoms with Crippen LogP contribution >= 0.6 is 11.6 Å². The number of carbonyl (C=O) groups is 1. The summed E-state index contributed by atoms with van der Waals surface area (Å²) in [6.45, 7) is 6.01. The molecule has 28 heavy (non-hydrogen) atoms. The fourth-order valence-corrected chi connectivity index (χ4v) is 5.55. The quantitative estimate of drug-likeness (QED) is 0.666. The largest absolute Gasteiger partial charge is 0.352 e. The van der Waals surface area contributed by atoms with E-state index in [1.54, 1.807) is 6.07 Å². The normalized spacial score (nSPS) is 19.8. The lowest BCUT2D eigenvalue weighted by Crippen LogP contribution is -2.47. The van der Waals surface area contributed by atoms with Gasteiger partial charge in [0.2, 0.25) is 10.0 Å². The Bertz CT molecular complexity index is 788. The number of nitrogens with one attached hydrogen (secondary N) is 1. The van der Waals surface area contributed by atoms with Crippen LogP contribution in [0.5, 0.6) is 0 Å². The SMILES string of the molecule is CN1CCN(S(=O)(=O)c2cc(C(=O)NCCCN3CCCC3)ccc2Cl)CC1. The summed E-state index contributed by atoms with van der Waals surface area (Å²) in [4.78, 5) is 17.0. The van der Waals surface area contributed by atoms with Gasteiger partial charge in [0.1, 0.15) is 4.90 Å². The number of halogens is 1. The molecule has 3 rings (SSSR count). The lowest BCUT2D eigenvalue weighted by atomic mass is 10.2. The minimum atomic E-state index is -3.72. The number of likely N-dealkylation sites (N-methyl/N-ethyl adjacent to an activating group) is 1. The Morgan fingerprint density at radius 2 is 1.79 bits per heavy atom. The van der Waals surface area contributed by atoms with Crippen molar-refractivity contribution in [1.82, 2.24) is 19.4 Å². The molecule has 9 heteroatoms. The first-order valence-electron chi connectivity index (χ1n) is 9.87. The summed E-state index contributed by atoms with van der Waals surface area (Å²) in [5, 5.41) is 3.03. The van der Waals surface area contributed by atoms with Crippen molar-refractivity contribution in [3.63, 3.8) is 0 Å². The second kappa shape index (κ2) is 9.54. The molecule has 2 heterocycles. The van der Waals surface area contributed by atoms with E-state index in [1.807, 2.05) is 7.05 Å². The Balaban J connectivity index is 1.62. The number of carbonyl (C=O) groups excluding carboxylic acids is 1. The maximum absolute atomic E-state index is 13.0. The summed E-state index contributed by atoms with van der Waals surface area (Å²) >= 11 is 6.18. The van der Waals surface area contributed by atoms with Gasteiger partial charge in [-0.15, -0.1) is 0 Å². The predicted molar refractivity (Wildman–Crippen MR) is 110 cm³/mol. The molecular weight excluding hydrogens is 400 g/mol. The van der Waals surface area contributed by atoms with E-state index in [1.165, 1.54) is 29.3 Å². The molecule has 0 saturated carbocycles. The average molecular weight is 429 g/mol. The van der Waals surface area contributed by atoms with Crippen LogP contribution in [0, 0.1) is 0 Å². The van der Waals surface area contributed by atoms with Gasteiger partial charge in [-0.05, 0) is 64.1 Å². The van der Waals surface area contributed by atoms with E-state index in [4.69, 9.17) is 11.6 Å². The molecule has 0 unspecified atom stereocenters. The monoisotopic (exact) mass is 428 g/mol. The number of hydrogen-bond donors (Lipinski definition) is 1. The number of hydrogen-bond acceptors (Lipinski definition) is 5. The number of nitrogens with zero attached hydrogens (tertiary/aromatic N) is 3. The van der Waals surface area contributed by atoms with Crippen LogP contribution in [0.4, 0.5) is 0 Å². The van der Waals surface area contributed by atoms with Crippen molar-refractivity contribution in [2.75, 3.05) is 59.4 Å². The number of amides is 1. The molecule has 7 nitrogen and oxygen atoms in total. The van der Waals surface area contributed by atoms with Crippen LogP contribution in [0.25, 0.3) is 0 Å². The summed E-state index contributed by atoms with van der Waals surface area (Å²) in [7, 11) is -1.76. The average Bonchev–Trinajstić information content (AvgIpc) is 3.19. The lowest BCUT2D eigenvalue weighted by Gasteiger charge is -2.31. The van der Waals surface area contributed by atoms with E-state index < -0.39 is 10.0 Å². The lowest BCUT2D eigenvalue weighted by molar-refractivity contribution is 0.0952. The van der Waals surface area contributed by atoms with Gasteiger partial charge >= 0.3 is 0 Å². The van der Waals surface area contributed by atoms with Crippen molar-refractivity contribution in [1.29, 1.82) is 0 Å². The maximum Gasteiger partial charge on any atom is 0.251 e. The van der Waals surface area contributed by atoms with Crippen molar-refractivity contribution in [2.45, 2.75) is 24.2 Å². The van der Waals surface area contributed by atoms with Crippen molar-refractivity contribution in [3.05, 3.63) is 28.8 Å². The summed E-state index contributed by atoms with van der Waals surface area (Å²) in [6, 6.07) is 4.45. The van der Waals surface area contributed by atoms with E-state index in [2.05, 4.69) is 15.1 Å². The van der Waals surface area contributed by atoms with E-state index >= 15 is 0 Å². The molecule has 0 spiro atoms. The number of rotatable bonds is 7. The molecular formula is C19H29ClN4O3S. The molecule has 1 amide bonds. The number of sulfonamides is 1. The molecule has 0 aliphatic carbocycles. The Labute approximate surface area is 172 Å². The third-order valence-corrected chi connectivity index (χ3v) is 7.79. The maximum atomic E-state index is 13.0. The fourth-order valence-electron chi connectivity index (χ4n) is 3.62. The van der Waals surface area contributed by atoms with Gasteiger partial charge in [0.15, 0.2) is 0 Å². The van der Waals surface area contributed by atoms with Crippen LogP contribution in [-0.2, 0) is 10.0 Å². The third-order valence-electron chi connectivity index (χ3n) is 5.41. The molecule has 0 radical (unpaired) electrons. The van der Waals surface area contributed by atoms with Gasteiger partial charge in [-0.2, -0.15) is 4.31 Å². The van der Waals surface area contributed by atoms with Gasteiger partial charge < -0.3 is 15.1 Å². The van der Waals surface area contributed by atoms with Crippen LogP contribution in [0.15, 0.2) is 23.1 Å². The van der Waals surface area contributed by atoms with E-state index in [-0.39, 0.29) is 15.8 Å². The van der Waals surface area contributed by atoms with Gasteiger partial charge in [-0.3, -0.25) is 4.79 Å². The number of piperazine rings is 1.